The van der Waals surface area contributed by atoms with Gasteiger partial charge in [-0.3, -0.25) is 4.79 Å². The van der Waals surface area contributed by atoms with Crippen LogP contribution in [0.15, 0.2) is 18.2 Å². The molecule has 1 aliphatic heterocycles. The van der Waals surface area contributed by atoms with Gasteiger partial charge in [-0.2, -0.15) is 0 Å². The summed E-state index contributed by atoms with van der Waals surface area (Å²) >= 11 is 0. The second-order valence-corrected chi connectivity index (χ2v) is 5.99. The van der Waals surface area contributed by atoms with Crippen LogP contribution in [0.2, 0.25) is 0 Å². The number of aryl methyl sites for hydroxylation is 1. The van der Waals surface area contributed by atoms with Gasteiger partial charge in [-0.15, -0.1) is 0 Å². The molecule has 3 nitrogen and oxygen atoms in total. The summed E-state index contributed by atoms with van der Waals surface area (Å²) < 4.78 is 0. The van der Waals surface area contributed by atoms with Gasteiger partial charge in [0.1, 0.15) is 0 Å². The van der Waals surface area contributed by atoms with E-state index in [0.29, 0.717) is 6.04 Å². The zero-order valence-corrected chi connectivity index (χ0v) is 11.5. The maximum Gasteiger partial charge on any atom is 0.251 e. The first-order valence-electron chi connectivity index (χ1n) is 7.40. The van der Waals surface area contributed by atoms with Crippen LogP contribution in [-0.4, -0.2) is 18.5 Å². The Morgan fingerprint density at radius 2 is 2.26 bits per heavy atom. The summed E-state index contributed by atoms with van der Waals surface area (Å²) in [6.07, 6.45) is 5.71. The Labute approximate surface area is 114 Å². The summed E-state index contributed by atoms with van der Waals surface area (Å²) in [4.78, 5) is 12.3. The van der Waals surface area contributed by atoms with Crippen LogP contribution in [0.4, 0.5) is 5.69 Å². The number of carbonyl (C=O) groups excluding carboxylic acids is 1. The highest BCUT2D eigenvalue weighted by Gasteiger charge is 2.23. The van der Waals surface area contributed by atoms with Gasteiger partial charge < -0.3 is 10.6 Å². The van der Waals surface area contributed by atoms with E-state index in [1.54, 1.807) is 0 Å². The molecule has 0 bridgehead atoms. The zero-order chi connectivity index (χ0) is 13.2. The van der Waals surface area contributed by atoms with E-state index in [2.05, 4.69) is 23.6 Å². The first-order chi connectivity index (χ1) is 9.22. The quantitative estimate of drug-likeness (QED) is 0.856. The number of anilines is 1. The number of hydrogen-bond donors (Lipinski definition) is 2. The average Bonchev–Trinajstić information content (AvgIpc) is 2.83. The van der Waals surface area contributed by atoms with Crippen LogP contribution in [0.1, 0.15) is 48.5 Å². The Kier molecular flexibility index (Phi) is 3.45. The van der Waals surface area contributed by atoms with Crippen molar-refractivity contribution in [3.8, 4) is 0 Å². The standard InChI is InChI=1S/C16H22N2O/c1-11-4-6-14(9-11)18-16(19)13-5-7-15-12(10-13)3-2-8-17-15/h5,7,10-11,14,17H,2-4,6,8-9H2,1H3,(H,18,19). The summed E-state index contributed by atoms with van der Waals surface area (Å²) in [6, 6.07) is 6.40. The Hall–Kier alpha value is -1.51. The molecule has 1 amide bonds. The van der Waals surface area contributed by atoms with Crippen molar-refractivity contribution in [2.45, 2.75) is 45.1 Å². The zero-order valence-electron chi connectivity index (χ0n) is 11.5. The van der Waals surface area contributed by atoms with E-state index in [-0.39, 0.29) is 5.91 Å². The molecule has 102 valence electrons. The molecule has 1 aromatic carbocycles. The number of amides is 1. The molecule has 2 aliphatic rings. The smallest absolute Gasteiger partial charge is 0.251 e. The minimum absolute atomic E-state index is 0.0903. The topological polar surface area (TPSA) is 41.1 Å². The largest absolute Gasteiger partial charge is 0.385 e. The molecule has 2 unspecified atom stereocenters. The maximum absolute atomic E-state index is 12.3. The van der Waals surface area contributed by atoms with Crippen LogP contribution >= 0.6 is 0 Å². The molecular weight excluding hydrogens is 236 g/mol. The molecule has 0 radical (unpaired) electrons. The van der Waals surface area contributed by atoms with Gasteiger partial charge in [0.15, 0.2) is 0 Å². The number of rotatable bonds is 2. The van der Waals surface area contributed by atoms with Gasteiger partial charge in [-0.1, -0.05) is 6.92 Å². The summed E-state index contributed by atoms with van der Waals surface area (Å²) in [7, 11) is 0. The SMILES string of the molecule is CC1CCC(NC(=O)c2ccc3c(c2)CCCN3)C1. The molecule has 3 rings (SSSR count). The highest BCUT2D eigenvalue weighted by molar-refractivity contribution is 5.95. The Morgan fingerprint density at radius 3 is 3.05 bits per heavy atom. The second-order valence-electron chi connectivity index (χ2n) is 5.99. The minimum atomic E-state index is 0.0903. The lowest BCUT2D eigenvalue weighted by molar-refractivity contribution is 0.0937. The van der Waals surface area contributed by atoms with E-state index < -0.39 is 0 Å². The predicted octanol–water partition coefficient (Wildman–Crippen LogP) is 2.96. The van der Waals surface area contributed by atoms with Crippen molar-refractivity contribution >= 4 is 11.6 Å². The van der Waals surface area contributed by atoms with Gasteiger partial charge in [0.05, 0.1) is 0 Å². The van der Waals surface area contributed by atoms with Gasteiger partial charge in [-0.25, -0.2) is 0 Å². The summed E-state index contributed by atoms with van der Waals surface area (Å²) in [6.45, 7) is 3.30. The van der Waals surface area contributed by atoms with Crippen molar-refractivity contribution in [2.24, 2.45) is 5.92 Å². The van der Waals surface area contributed by atoms with E-state index in [1.807, 2.05) is 12.1 Å². The average molecular weight is 258 g/mol. The molecule has 1 saturated carbocycles. The normalized spacial score (nSPS) is 25.5. The number of fused-ring (bicyclic) bond motifs is 1. The lowest BCUT2D eigenvalue weighted by Gasteiger charge is -2.19. The molecule has 1 aromatic rings. The summed E-state index contributed by atoms with van der Waals surface area (Å²) in [5, 5.41) is 6.55. The highest BCUT2D eigenvalue weighted by Crippen LogP contribution is 2.26. The molecule has 1 fully saturated rings. The van der Waals surface area contributed by atoms with Gasteiger partial charge >= 0.3 is 0 Å². The third kappa shape index (κ3) is 2.75. The number of carbonyl (C=O) groups is 1. The summed E-state index contributed by atoms with van der Waals surface area (Å²) in [5.41, 5.74) is 3.28. The van der Waals surface area contributed by atoms with Crippen molar-refractivity contribution in [3.05, 3.63) is 29.3 Å². The lowest BCUT2D eigenvalue weighted by atomic mass is 10.0. The van der Waals surface area contributed by atoms with Crippen molar-refractivity contribution in [3.63, 3.8) is 0 Å². The first kappa shape index (κ1) is 12.5. The van der Waals surface area contributed by atoms with Gasteiger partial charge in [0.25, 0.3) is 5.91 Å². The van der Waals surface area contributed by atoms with Crippen LogP contribution in [0.3, 0.4) is 0 Å². The van der Waals surface area contributed by atoms with E-state index in [9.17, 15) is 4.79 Å². The molecule has 1 heterocycles. The fourth-order valence-corrected chi connectivity index (χ4v) is 3.22. The van der Waals surface area contributed by atoms with Crippen molar-refractivity contribution in [2.75, 3.05) is 11.9 Å². The number of nitrogens with one attached hydrogen (secondary N) is 2. The van der Waals surface area contributed by atoms with Crippen molar-refractivity contribution < 1.29 is 4.79 Å². The van der Waals surface area contributed by atoms with Crippen molar-refractivity contribution in [1.29, 1.82) is 0 Å². The van der Waals surface area contributed by atoms with Crippen LogP contribution in [0.5, 0.6) is 0 Å². The lowest BCUT2D eigenvalue weighted by Crippen LogP contribution is -2.33. The monoisotopic (exact) mass is 258 g/mol. The molecular formula is C16H22N2O. The summed E-state index contributed by atoms with van der Waals surface area (Å²) in [5.74, 6) is 0.838. The van der Waals surface area contributed by atoms with E-state index in [1.165, 1.54) is 17.7 Å². The van der Waals surface area contributed by atoms with Gasteiger partial charge in [-0.05, 0) is 61.8 Å². The van der Waals surface area contributed by atoms with E-state index in [4.69, 9.17) is 0 Å². The Bertz CT molecular complexity index is 484. The molecule has 0 saturated heterocycles. The maximum atomic E-state index is 12.3. The molecule has 19 heavy (non-hydrogen) atoms. The van der Waals surface area contributed by atoms with Crippen molar-refractivity contribution in [1.82, 2.24) is 5.32 Å². The fourth-order valence-electron chi connectivity index (χ4n) is 3.22. The van der Waals surface area contributed by atoms with Crippen LogP contribution in [0.25, 0.3) is 0 Å². The third-order valence-corrected chi connectivity index (χ3v) is 4.34. The predicted molar refractivity (Wildman–Crippen MR) is 77.5 cm³/mol. The Morgan fingerprint density at radius 1 is 1.37 bits per heavy atom. The Balaban J connectivity index is 1.69. The number of hydrogen-bond acceptors (Lipinski definition) is 2. The molecule has 2 atom stereocenters. The second kappa shape index (κ2) is 5.24. The molecule has 1 aliphatic carbocycles. The molecule has 2 N–H and O–H groups in total. The van der Waals surface area contributed by atoms with Gasteiger partial charge in [0.2, 0.25) is 0 Å². The fraction of sp³-hybridized carbons (Fsp3) is 0.562. The highest BCUT2D eigenvalue weighted by atomic mass is 16.1. The molecule has 0 spiro atoms. The van der Waals surface area contributed by atoms with Crippen LogP contribution in [0, 0.1) is 5.92 Å². The van der Waals surface area contributed by atoms with E-state index >= 15 is 0 Å². The minimum Gasteiger partial charge on any atom is -0.385 e. The van der Waals surface area contributed by atoms with E-state index in [0.717, 1.165) is 43.7 Å². The molecule has 3 heteroatoms. The third-order valence-electron chi connectivity index (χ3n) is 4.34. The molecule has 0 aromatic heterocycles. The number of benzene rings is 1. The first-order valence-corrected chi connectivity index (χ1v) is 7.40. The van der Waals surface area contributed by atoms with Gasteiger partial charge in [0, 0.05) is 23.8 Å². The van der Waals surface area contributed by atoms with Crippen LogP contribution < -0.4 is 10.6 Å². The van der Waals surface area contributed by atoms with Crippen LogP contribution in [-0.2, 0) is 6.42 Å².